The molecule has 0 bridgehead atoms. The van der Waals surface area contributed by atoms with Gasteiger partial charge in [0, 0.05) is 39.3 Å². The van der Waals surface area contributed by atoms with Crippen LogP contribution in [0.1, 0.15) is 18.1 Å². The minimum atomic E-state index is -0.0429. The predicted molar refractivity (Wildman–Crippen MR) is 92.0 cm³/mol. The number of urea groups is 1. The molecule has 1 N–H and O–H groups in total. The molecule has 24 heavy (non-hydrogen) atoms. The summed E-state index contributed by atoms with van der Waals surface area (Å²) in [5.41, 5.74) is 1.13. The standard InChI is InChI=1S/C18H27N3O3/c22-18(19-7-9-20-10-13-23-14-11-20)21-8-4-12-24-17(15-21)16-5-2-1-3-6-16/h1-3,5-6,17H,4,7-15H2,(H,19,22). The summed E-state index contributed by atoms with van der Waals surface area (Å²) in [6, 6.07) is 10.1. The fourth-order valence-electron chi connectivity index (χ4n) is 3.14. The summed E-state index contributed by atoms with van der Waals surface area (Å²) in [4.78, 5) is 16.7. The molecule has 6 heteroatoms. The van der Waals surface area contributed by atoms with E-state index in [1.807, 2.05) is 23.1 Å². The lowest BCUT2D eigenvalue weighted by Gasteiger charge is -2.28. The van der Waals surface area contributed by atoms with Gasteiger partial charge in [-0.25, -0.2) is 4.79 Å². The van der Waals surface area contributed by atoms with Gasteiger partial charge in [-0.15, -0.1) is 0 Å². The molecule has 0 aliphatic carbocycles. The van der Waals surface area contributed by atoms with Gasteiger partial charge in [0.25, 0.3) is 0 Å². The summed E-state index contributed by atoms with van der Waals surface area (Å²) in [7, 11) is 0. The fourth-order valence-corrected chi connectivity index (χ4v) is 3.14. The van der Waals surface area contributed by atoms with Crippen LogP contribution in [0.25, 0.3) is 0 Å². The lowest BCUT2D eigenvalue weighted by atomic mass is 10.1. The Bertz CT molecular complexity index is 505. The minimum absolute atomic E-state index is 0.00897. The minimum Gasteiger partial charge on any atom is -0.379 e. The van der Waals surface area contributed by atoms with E-state index in [9.17, 15) is 4.79 Å². The van der Waals surface area contributed by atoms with Crippen LogP contribution < -0.4 is 5.32 Å². The zero-order valence-electron chi connectivity index (χ0n) is 14.2. The zero-order chi connectivity index (χ0) is 16.6. The average Bonchev–Trinajstić information content (AvgIpc) is 2.90. The van der Waals surface area contributed by atoms with E-state index in [0.29, 0.717) is 19.7 Å². The number of rotatable bonds is 4. The van der Waals surface area contributed by atoms with Crippen LogP contribution >= 0.6 is 0 Å². The van der Waals surface area contributed by atoms with Crippen molar-refractivity contribution < 1.29 is 14.3 Å². The molecule has 6 nitrogen and oxygen atoms in total. The van der Waals surface area contributed by atoms with E-state index in [4.69, 9.17) is 9.47 Å². The van der Waals surface area contributed by atoms with Gasteiger partial charge < -0.3 is 19.7 Å². The van der Waals surface area contributed by atoms with E-state index in [2.05, 4.69) is 22.3 Å². The highest BCUT2D eigenvalue weighted by Crippen LogP contribution is 2.21. The van der Waals surface area contributed by atoms with Crippen molar-refractivity contribution in [3.63, 3.8) is 0 Å². The lowest BCUT2D eigenvalue weighted by molar-refractivity contribution is 0.0384. The Morgan fingerprint density at radius 2 is 1.92 bits per heavy atom. The number of carbonyl (C=O) groups is 1. The lowest BCUT2D eigenvalue weighted by Crippen LogP contribution is -2.46. The highest BCUT2D eigenvalue weighted by atomic mass is 16.5. The normalized spacial score (nSPS) is 22.8. The molecule has 0 radical (unpaired) electrons. The SMILES string of the molecule is O=C(NCCN1CCOCC1)N1CCCOC(c2ccccc2)C1. The molecule has 2 aliphatic rings. The Morgan fingerprint density at radius 1 is 1.12 bits per heavy atom. The molecule has 2 saturated heterocycles. The molecule has 1 aromatic rings. The van der Waals surface area contributed by atoms with Crippen molar-refractivity contribution in [2.75, 3.05) is 59.1 Å². The summed E-state index contributed by atoms with van der Waals surface area (Å²) in [6.07, 6.45) is 0.832. The monoisotopic (exact) mass is 333 g/mol. The highest BCUT2D eigenvalue weighted by molar-refractivity contribution is 5.74. The second-order valence-corrected chi connectivity index (χ2v) is 6.26. The van der Waals surface area contributed by atoms with Gasteiger partial charge in [-0.3, -0.25) is 4.90 Å². The molecule has 0 saturated carbocycles. The first-order valence-corrected chi connectivity index (χ1v) is 8.82. The molecule has 132 valence electrons. The van der Waals surface area contributed by atoms with Crippen LogP contribution in [0.5, 0.6) is 0 Å². The maximum Gasteiger partial charge on any atom is 0.317 e. The molecule has 1 unspecified atom stereocenters. The second-order valence-electron chi connectivity index (χ2n) is 6.26. The number of carbonyl (C=O) groups excluding carboxylic acids is 1. The smallest absolute Gasteiger partial charge is 0.317 e. The molecule has 3 rings (SSSR count). The van der Waals surface area contributed by atoms with Gasteiger partial charge in [0.15, 0.2) is 0 Å². The fraction of sp³-hybridized carbons (Fsp3) is 0.611. The third-order valence-corrected chi connectivity index (χ3v) is 4.54. The van der Waals surface area contributed by atoms with E-state index in [1.165, 1.54) is 0 Å². The average molecular weight is 333 g/mol. The highest BCUT2D eigenvalue weighted by Gasteiger charge is 2.23. The predicted octanol–water partition coefficient (Wildman–Crippen LogP) is 1.49. The summed E-state index contributed by atoms with van der Waals surface area (Å²) in [6.45, 7) is 7.06. The first-order chi connectivity index (χ1) is 11.8. The Balaban J connectivity index is 1.47. The number of nitrogens with zero attached hydrogens (tertiary/aromatic N) is 2. The molecule has 0 aromatic heterocycles. The molecule has 1 aromatic carbocycles. The van der Waals surface area contributed by atoms with E-state index >= 15 is 0 Å². The molecule has 1 atom stereocenters. The van der Waals surface area contributed by atoms with Gasteiger partial charge >= 0.3 is 6.03 Å². The van der Waals surface area contributed by atoms with Crippen molar-refractivity contribution in [2.45, 2.75) is 12.5 Å². The van der Waals surface area contributed by atoms with Crippen molar-refractivity contribution >= 4 is 6.03 Å². The van der Waals surface area contributed by atoms with Gasteiger partial charge in [0.05, 0.1) is 19.8 Å². The van der Waals surface area contributed by atoms with Crippen molar-refractivity contribution in [3.8, 4) is 0 Å². The topological polar surface area (TPSA) is 54.0 Å². The van der Waals surface area contributed by atoms with Gasteiger partial charge in [0.2, 0.25) is 0 Å². The molecule has 0 spiro atoms. The summed E-state index contributed by atoms with van der Waals surface area (Å²) >= 11 is 0. The Morgan fingerprint density at radius 3 is 2.71 bits per heavy atom. The summed E-state index contributed by atoms with van der Waals surface area (Å²) < 4.78 is 11.3. The van der Waals surface area contributed by atoms with E-state index in [-0.39, 0.29) is 12.1 Å². The van der Waals surface area contributed by atoms with E-state index < -0.39 is 0 Å². The number of hydrogen-bond acceptors (Lipinski definition) is 4. The number of nitrogens with one attached hydrogen (secondary N) is 1. The van der Waals surface area contributed by atoms with Gasteiger partial charge in [-0.2, -0.15) is 0 Å². The Labute approximate surface area is 143 Å². The maximum atomic E-state index is 12.5. The quantitative estimate of drug-likeness (QED) is 0.907. The Hall–Kier alpha value is -1.63. The van der Waals surface area contributed by atoms with Crippen LogP contribution in [-0.4, -0.2) is 74.9 Å². The summed E-state index contributed by atoms with van der Waals surface area (Å²) in [5, 5.41) is 3.05. The van der Waals surface area contributed by atoms with E-state index in [1.54, 1.807) is 0 Å². The molecule has 2 heterocycles. The first-order valence-electron chi connectivity index (χ1n) is 8.82. The first kappa shape index (κ1) is 17.2. The molecular formula is C18H27N3O3. The maximum absolute atomic E-state index is 12.5. The van der Waals surface area contributed by atoms with Crippen molar-refractivity contribution in [1.82, 2.24) is 15.1 Å². The molecule has 2 fully saturated rings. The number of ether oxygens (including phenoxy) is 2. The van der Waals surface area contributed by atoms with Crippen LogP contribution in [-0.2, 0) is 9.47 Å². The second kappa shape index (κ2) is 9.01. The molecular weight excluding hydrogens is 306 g/mol. The Kier molecular flexibility index (Phi) is 6.46. The third kappa shape index (κ3) is 4.93. The van der Waals surface area contributed by atoms with E-state index in [0.717, 1.165) is 51.4 Å². The van der Waals surface area contributed by atoms with Crippen molar-refractivity contribution in [2.24, 2.45) is 0 Å². The third-order valence-electron chi connectivity index (χ3n) is 4.54. The van der Waals surface area contributed by atoms with Crippen LogP contribution in [0.2, 0.25) is 0 Å². The van der Waals surface area contributed by atoms with Gasteiger partial charge in [0.1, 0.15) is 6.10 Å². The summed E-state index contributed by atoms with van der Waals surface area (Å²) in [5.74, 6) is 0. The molecule has 2 aliphatic heterocycles. The number of benzene rings is 1. The van der Waals surface area contributed by atoms with Crippen LogP contribution in [0, 0.1) is 0 Å². The van der Waals surface area contributed by atoms with Gasteiger partial charge in [-0.1, -0.05) is 30.3 Å². The molecule has 2 amide bonds. The largest absolute Gasteiger partial charge is 0.379 e. The van der Waals surface area contributed by atoms with Gasteiger partial charge in [-0.05, 0) is 12.0 Å². The zero-order valence-corrected chi connectivity index (χ0v) is 14.2. The van der Waals surface area contributed by atoms with Crippen LogP contribution in [0.3, 0.4) is 0 Å². The number of hydrogen-bond donors (Lipinski definition) is 1. The van der Waals surface area contributed by atoms with Crippen LogP contribution in [0.4, 0.5) is 4.79 Å². The van der Waals surface area contributed by atoms with Crippen molar-refractivity contribution in [3.05, 3.63) is 35.9 Å². The van der Waals surface area contributed by atoms with Crippen LogP contribution in [0.15, 0.2) is 30.3 Å². The number of amides is 2. The van der Waals surface area contributed by atoms with Crippen molar-refractivity contribution in [1.29, 1.82) is 0 Å². The number of morpholine rings is 1.